The molecule has 0 radical (unpaired) electrons. The van der Waals surface area contributed by atoms with E-state index < -0.39 is 0 Å². The molecule has 1 aromatic heterocycles. The van der Waals surface area contributed by atoms with Gasteiger partial charge in [-0.25, -0.2) is 4.98 Å². The summed E-state index contributed by atoms with van der Waals surface area (Å²) in [4.78, 5) is 9.15. The van der Waals surface area contributed by atoms with Crippen molar-refractivity contribution in [1.82, 2.24) is 9.97 Å². The number of aromatic nitrogens is 2. The second kappa shape index (κ2) is 5.98. The SMILES string of the molecule is CCC1CCCC(Oc2cc(NC)nc(C3CC3)n2)C1. The van der Waals surface area contributed by atoms with Crippen molar-refractivity contribution in [3.63, 3.8) is 0 Å². The van der Waals surface area contributed by atoms with Crippen LogP contribution in [-0.2, 0) is 0 Å². The van der Waals surface area contributed by atoms with Gasteiger partial charge in [-0.15, -0.1) is 0 Å². The second-order valence-corrected chi connectivity index (χ2v) is 6.15. The molecule has 0 spiro atoms. The van der Waals surface area contributed by atoms with Crippen LogP contribution in [0.25, 0.3) is 0 Å². The first kappa shape index (κ1) is 13.7. The molecule has 0 aliphatic heterocycles. The highest BCUT2D eigenvalue weighted by atomic mass is 16.5. The smallest absolute Gasteiger partial charge is 0.219 e. The maximum absolute atomic E-state index is 6.16. The lowest BCUT2D eigenvalue weighted by molar-refractivity contribution is 0.116. The van der Waals surface area contributed by atoms with Gasteiger partial charge in [0.15, 0.2) is 0 Å². The molecule has 2 unspecified atom stereocenters. The van der Waals surface area contributed by atoms with Gasteiger partial charge in [0.2, 0.25) is 5.88 Å². The van der Waals surface area contributed by atoms with Gasteiger partial charge in [-0.2, -0.15) is 4.98 Å². The quantitative estimate of drug-likeness (QED) is 0.889. The summed E-state index contributed by atoms with van der Waals surface area (Å²) in [6, 6.07) is 1.93. The van der Waals surface area contributed by atoms with Gasteiger partial charge in [0.25, 0.3) is 0 Å². The number of nitrogens with zero attached hydrogens (tertiary/aromatic N) is 2. The van der Waals surface area contributed by atoms with Gasteiger partial charge in [-0.05, 0) is 38.0 Å². The minimum atomic E-state index is 0.334. The van der Waals surface area contributed by atoms with Crippen LogP contribution >= 0.6 is 0 Å². The summed E-state index contributed by atoms with van der Waals surface area (Å²) in [5, 5.41) is 3.12. The Labute approximate surface area is 121 Å². The molecule has 3 rings (SSSR count). The van der Waals surface area contributed by atoms with Crippen LogP contribution in [0.5, 0.6) is 5.88 Å². The van der Waals surface area contributed by atoms with Gasteiger partial charge in [-0.1, -0.05) is 19.8 Å². The molecule has 0 aromatic carbocycles. The third-order valence-corrected chi connectivity index (χ3v) is 4.52. The normalized spacial score (nSPS) is 26.3. The van der Waals surface area contributed by atoms with Crippen molar-refractivity contribution in [2.24, 2.45) is 5.92 Å². The molecule has 20 heavy (non-hydrogen) atoms. The van der Waals surface area contributed by atoms with Crippen molar-refractivity contribution in [3.8, 4) is 5.88 Å². The Hall–Kier alpha value is -1.32. The van der Waals surface area contributed by atoms with Gasteiger partial charge in [-0.3, -0.25) is 0 Å². The summed E-state index contributed by atoms with van der Waals surface area (Å²) >= 11 is 0. The number of ether oxygens (including phenoxy) is 1. The molecule has 2 fully saturated rings. The van der Waals surface area contributed by atoms with Gasteiger partial charge in [0.1, 0.15) is 17.7 Å². The Morgan fingerprint density at radius 1 is 1.25 bits per heavy atom. The highest BCUT2D eigenvalue weighted by molar-refractivity contribution is 5.38. The molecule has 0 saturated heterocycles. The van der Waals surface area contributed by atoms with Crippen molar-refractivity contribution in [3.05, 3.63) is 11.9 Å². The minimum absolute atomic E-state index is 0.334. The van der Waals surface area contributed by atoms with Gasteiger partial charge in [0.05, 0.1) is 0 Å². The van der Waals surface area contributed by atoms with E-state index in [0.717, 1.165) is 29.9 Å². The molecule has 0 bridgehead atoms. The lowest BCUT2D eigenvalue weighted by Crippen LogP contribution is -2.25. The number of hydrogen-bond acceptors (Lipinski definition) is 4. The molecular weight excluding hydrogens is 250 g/mol. The highest BCUT2D eigenvalue weighted by Gasteiger charge is 2.28. The van der Waals surface area contributed by atoms with Crippen LogP contribution in [0.1, 0.15) is 63.6 Å². The zero-order chi connectivity index (χ0) is 13.9. The van der Waals surface area contributed by atoms with Crippen molar-refractivity contribution in [1.29, 1.82) is 0 Å². The van der Waals surface area contributed by atoms with Crippen molar-refractivity contribution in [2.45, 2.75) is 63.9 Å². The van der Waals surface area contributed by atoms with Crippen LogP contribution in [0, 0.1) is 5.92 Å². The molecule has 1 aromatic rings. The van der Waals surface area contributed by atoms with Crippen LogP contribution in [-0.4, -0.2) is 23.1 Å². The lowest BCUT2D eigenvalue weighted by atomic mass is 9.85. The maximum Gasteiger partial charge on any atom is 0.219 e. The first-order valence-electron chi connectivity index (χ1n) is 8.02. The van der Waals surface area contributed by atoms with E-state index in [-0.39, 0.29) is 0 Å². The third kappa shape index (κ3) is 3.22. The lowest BCUT2D eigenvalue weighted by Gasteiger charge is -2.28. The average molecular weight is 275 g/mol. The van der Waals surface area contributed by atoms with E-state index in [2.05, 4.69) is 22.2 Å². The number of nitrogens with one attached hydrogen (secondary N) is 1. The van der Waals surface area contributed by atoms with E-state index in [1.165, 1.54) is 38.5 Å². The molecule has 4 nitrogen and oxygen atoms in total. The average Bonchev–Trinajstić information content (AvgIpc) is 3.31. The van der Waals surface area contributed by atoms with Crippen LogP contribution in [0.2, 0.25) is 0 Å². The Morgan fingerprint density at radius 2 is 2.10 bits per heavy atom. The number of hydrogen-bond donors (Lipinski definition) is 1. The summed E-state index contributed by atoms with van der Waals surface area (Å²) < 4.78 is 6.16. The van der Waals surface area contributed by atoms with Crippen molar-refractivity contribution < 1.29 is 4.74 Å². The summed E-state index contributed by atoms with van der Waals surface area (Å²) in [6.45, 7) is 2.28. The second-order valence-electron chi connectivity index (χ2n) is 6.15. The molecule has 4 heteroatoms. The van der Waals surface area contributed by atoms with E-state index in [4.69, 9.17) is 4.74 Å². The van der Waals surface area contributed by atoms with Crippen LogP contribution in [0.15, 0.2) is 6.07 Å². The molecule has 2 aliphatic rings. The monoisotopic (exact) mass is 275 g/mol. The maximum atomic E-state index is 6.16. The highest BCUT2D eigenvalue weighted by Crippen LogP contribution is 2.39. The van der Waals surface area contributed by atoms with E-state index in [9.17, 15) is 0 Å². The van der Waals surface area contributed by atoms with Crippen molar-refractivity contribution >= 4 is 5.82 Å². The Balaban J connectivity index is 1.71. The summed E-state index contributed by atoms with van der Waals surface area (Å²) in [6.07, 6.45) is 9.00. The summed E-state index contributed by atoms with van der Waals surface area (Å²) in [5.41, 5.74) is 0. The van der Waals surface area contributed by atoms with Crippen LogP contribution in [0.4, 0.5) is 5.82 Å². The van der Waals surface area contributed by atoms with E-state index in [0.29, 0.717) is 12.0 Å². The van der Waals surface area contributed by atoms with E-state index >= 15 is 0 Å². The fourth-order valence-corrected chi connectivity index (χ4v) is 3.05. The minimum Gasteiger partial charge on any atom is -0.474 e. The molecule has 0 amide bonds. The molecule has 2 aliphatic carbocycles. The first-order chi connectivity index (χ1) is 9.78. The predicted octanol–water partition coefficient (Wildman–Crippen LogP) is 3.74. The molecule has 110 valence electrons. The molecule has 2 atom stereocenters. The summed E-state index contributed by atoms with van der Waals surface area (Å²) in [5.74, 6) is 3.96. The molecule has 1 N–H and O–H groups in total. The topological polar surface area (TPSA) is 47.0 Å². The van der Waals surface area contributed by atoms with Gasteiger partial charge in [0, 0.05) is 19.0 Å². The third-order valence-electron chi connectivity index (χ3n) is 4.52. The van der Waals surface area contributed by atoms with Gasteiger partial charge < -0.3 is 10.1 Å². The fourth-order valence-electron chi connectivity index (χ4n) is 3.05. The van der Waals surface area contributed by atoms with Gasteiger partial charge >= 0.3 is 0 Å². The Bertz CT molecular complexity index is 459. The zero-order valence-electron chi connectivity index (χ0n) is 12.6. The molecule has 2 saturated carbocycles. The Morgan fingerprint density at radius 3 is 2.80 bits per heavy atom. The fraction of sp³-hybridized carbons (Fsp3) is 0.750. The van der Waals surface area contributed by atoms with Crippen molar-refractivity contribution in [2.75, 3.05) is 12.4 Å². The predicted molar refractivity (Wildman–Crippen MR) is 80.2 cm³/mol. The number of rotatable bonds is 5. The van der Waals surface area contributed by atoms with E-state index in [1.54, 1.807) is 0 Å². The van der Waals surface area contributed by atoms with Crippen LogP contribution < -0.4 is 10.1 Å². The molecular formula is C16H25N3O. The number of anilines is 1. The van der Waals surface area contributed by atoms with E-state index in [1.807, 2.05) is 13.1 Å². The largest absolute Gasteiger partial charge is 0.474 e. The standard InChI is InChI=1S/C16H25N3O/c1-3-11-5-4-6-13(9-11)20-15-10-14(17-2)18-16(19-15)12-7-8-12/h10-13H,3-9H2,1-2H3,(H,17,18,19). The summed E-state index contributed by atoms with van der Waals surface area (Å²) in [7, 11) is 1.90. The Kier molecular flexibility index (Phi) is 4.08. The molecule has 1 heterocycles. The van der Waals surface area contributed by atoms with Crippen LogP contribution in [0.3, 0.4) is 0 Å². The zero-order valence-corrected chi connectivity index (χ0v) is 12.6. The first-order valence-corrected chi connectivity index (χ1v) is 8.02.